The molecule has 27 heavy (non-hydrogen) atoms. The van der Waals surface area contributed by atoms with Crippen molar-refractivity contribution < 1.29 is 9.18 Å². The zero-order chi connectivity index (χ0) is 18.8. The maximum absolute atomic E-state index is 13.8. The Kier molecular flexibility index (Phi) is 4.50. The second-order valence-electron chi connectivity index (χ2n) is 6.58. The Bertz CT molecular complexity index is 1000. The Morgan fingerprint density at radius 1 is 1.11 bits per heavy atom. The standard InChI is InChI=1S/C22H18FN3O/c1-15-7-9-16(10-8-15)20-13-21(17-4-2-6-19(23)12-17)26(25-20)22(27)18-5-3-11-24-14-18/h2-12,14,21H,13H2,1H3. The lowest BCUT2D eigenvalue weighted by Crippen LogP contribution is -2.27. The van der Waals surface area contributed by atoms with Crippen molar-refractivity contribution in [1.29, 1.82) is 0 Å². The van der Waals surface area contributed by atoms with Crippen LogP contribution < -0.4 is 0 Å². The van der Waals surface area contributed by atoms with Gasteiger partial charge in [-0.2, -0.15) is 5.10 Å². The summed E-state index contributed by atoms with van der Waals surface area (Å²) in [5, 5.41) is 6.05. The lowest BCUT2D eigenvalue weighted by Gasteiger charge is -2.22. The van der Waals surface area contributed by atoms with E-state index in [1.54, 1.807) is 24.4 Å². The molecular formula is C22H18FN3O. The van der Waals surface area contributed by atoms with Crippen LogP contribution in [0.5, 0.6) is 0 Å². The first-order chi connectivity index (χ1) is 13.1. The van der Waals surface area contributed by atoms with Gasteiger partial charge in [0.15, 0.2) is 0 Å². The third kappa shape index (κ3) is 3.49. The van der Waals surface area contributed by atoms with Gasteiger partial charge in [-0.1, -0.05) is 42.0 Å². The van der Waals surface area contributed by atoms with Crippen LogP contribution in [-0.4, -0.2) is 21.6 Å². The molecule has 2 heterocycles. The minimum atomic E-state index is -0.357. The maximum Gasteiger partial charge on any atom is 0.276 e. The molecule has 0 N–H and O–H groups in total. The van der Waals surface area contributed by atoms with Gasteiger partial charge < -0.3 is 0 Å². The molecule has 3 aromatic rings. The normalized spacial score (nSPS) is 16.3. The van der Waals surface area contributed by atoms with Gasteiger partial charge in [-0.15, -0.1) is 0 Å². The molecule has 134 valence electrons. The van der Waals surface area contributed by atoms with Gasteiger partial charge in [0.25, 0.3) is 5.91 Å². The van der Waals surface area contributed by atoms with Crippen LogP contribution in [0.2, 0.25) is 0 Å². The summed E-state index contributed by atoms with van der Waals surface area (Å²) in [6.45, 7) is 2.02. The van der Waals surface area contributed by atoms with E-state index in [4.69, 9.17) is 0 Å². The summed E-state index contributed by atoms with van der Waals surface area (Å²) in [6.07, 6.45) is 3.66. The number of rotatable bonds is 3. The zero-order valence-electron chi connectivity index (χ0n) is 14.8. The largest absolute Gasteiger partial charge is 0.276 e. The molecule has 0 fully saturated rings. The van der Waals surface area contributed by atoms with Crippen molar-refractivity contribution in [1.82, 2.24) is 9.99 Å². The van der Waals surface area contributed by atoms with Gasteiger partial charge in [0, 0.05) is 18.8 Å². The summed E-state index contributed by atoms with van der Waals surface area (Å²) in [7, 11) is 0. The molecule has 4 nitrogen and oxygen atoms in total. The van der Waals surface area contributed by atoms with Crippen molar-refractivity contribution in [3.8, 4) is 0 Å². The van der Waals surface area contributed by atoms with Gasteiger partial charge in [0.2, 0.25) is 0 Å². The van der Waals surface area contributed by atoms with E-state index in [2.05, 4.69) is 10.1 Å². The van der Waals surface area contributed by atoms with Gasteiger partial charge in [-0.05, 0) is 42.3 Å². The fraction of sp³-hybridized carbons (Fsp3) is 0.136. The number of benzene rings is 2. The smallest absolute Gasteiger partial charge is 0.267 e. The minimum absolute atomic E-state index is 0.250. The number of halogens is 1. The Morgan fingerprint density at radius 2 is 1.93 bits per heavy atom. The number of carbonyl (C=O) groups excluding carboxylic acids is 1. The molecule has 0 radical (unpaired) electrons. The van der Waals surface area contributed by atoms with Gasteiger partial charge in [-0.25, -0.2) is 9.40 Å². The number of hydrogen-bond donors (Lipinski definition) is 0. The van der Waals surface area contributed by atoms with Crippen molar-refractivity contribution in [3.05, 3.63) is 101 Å². The number of pyridine rings is 1. The van der Waals surface area contributed by atoms with E-state index in [1.807, 2.05) is 37.3 Å². The van der Waals surface area contributed by atoms with Crippen LogP contribution >= 0.6 is 0 Å². The number of hydrogen-bond acceptors (Lipinski definition) is 3. The number of amides is 1. The first kappa shape index (κ1) is 17.1. The van der Waals surface area contributed by atoms with Crippen molar-refractivity contribution in [2.45, 2.75) is 19.4 Å². The first-order valence-electron chi connectivity index (χ1n) is 8.75. The van der Waals surface area contributed by atoms with Gasteiger partial charge in [0.1, 0.15) is 5.82 Å². The average molecular weight is 359 g/mol. The molecule has 1 aromatic heterocycles. The van der Waals surface area contributed by atoms with E-state index in [-0.39, 0.29) is 17.8 Å². The molecule has 0 bridgehead atoms. The predicted molar refractivity (Wildman–Crippen MR) is 102 cm³/mol. The van der Waals surface area contributed by atoms with Crippen molar-refractivity contribution in [2.24, 2.45) is 5.10 Å². The molecule has 1 atom stereocenters. The lowest BCUT2D eigenvalue weighted by molar-refractivity contribution is 0.0710. The van der Waals surface area contributed by atoms with Crippen molar-refractivity contribution in [3.63, 3.8) is 0 Å². The molecule has 0 spiro atoms. The Hall–Kier alpha value is -3.34. The van der Waals surface area contributed by atoms with E-state index in [0.717, 1.165) is 22.4 Å². The third-order valence-electron chi connectivity index (χ3n) is 4.65. The fourth-order valence-corrected chi connectivity index (χ4v) is 3.21. The summed E-state index contributed by atoms with van der Waals surface area (Å²) in [5.74, 6) is -0.579. The molecule has 1 aliphatic rings. The highest BCUT2D eigenvalue weighted by molar-refractivity contribution is 6.05. The van der Waals surface area contributed by atoms with E-state index in [1.165, 1.54) is 23.3 Å². The predicted octanol–water partition coefficient (Wildman–Crippen LogP) is 4.52. The van der Waals surface area contributed by atoms with Crippen molar-refractivity contribution in [2.75, 3.05) is 0 Å². The Balaban J connectivity index is 1.74. The molecule has 0 saturated heterocycles. The Labute approximate surface area is 157 Å². The third-order valence-corrected chi connectivity index (χ3v) is 4.65. The van der Waals surface area contributed by atoms with Gasteiger partial charge in [-0.3, -0.25) is 9.78 Å². The lowest BCUT2D eigenvalue weighted by atomic mass is 9.97. The van der Waals surface area contributed by atoms with Crippen LogP contribution in [0.15, 0.2) is 78.2 Å². The summed E-state index contributed by atoms with van der Waals surface area (Å²) in [6, 6.07) is 17.4. The quantitative estimate of drug-likeness (QED) is 0.690. The molecule has 1 unspecified atom stereocenters. The number of hydrazone groups is 1. The highest BCUT2D eigenvalue weighted by Gasteiger charge is 2.33. The monoisotopic (exact) mass is 359 g/mol. The number of nitrogens with zero attached hydrogens (tertiary/aromatic N) is 3. The van der Waals surface area contributed by atoms with Gasteiger partial charge in [0.05, 0.1) is 17.3 Å². The highest BCUT2D eigenvalue weighted by atomic mass is 19.1. The topological polar surface area (TPSA) is 45.6 Å². The second-order valence-corrected chi connectivity index (χ2v) is 6.58. The zero-order valence-corrected chi connectivity index (χ0v) is 14.8. The van der Waals surface area contributed by atoms with E-state index in [0.29, 0.717) is 12.0 Å². The van der Waals surface area contributed by atoms with E-state index >= 15 is 0 Å². The first-order valence-corrected chi connectivity index (χ1v) is 8.75. The fourth-order valence-electron chi connectivity index (χ4n) is 3.21. The number of carbonyl (C=O) groups is 1. The second kappa shape index (κ2) is 7.11. The van der Waals surface area contributed by atoms with Crippen LogP contribution in [0, 0.1) is 12.7 Å². The molecule has 0 aliphatic carbocycles. The molecule has 4 rings (SSSR count). The maximum atomic E-state index is 13.8. The molecular weight excluding hydrogens is 341 g/mol. The molecule has 2 aromatic carbocycles. The minimum Gasteiger partial charge on any atom is -0.267 e. The molecule has 0 saturated carbocycles. The van der Waals surface area contributed by atoms with Gasteiger partial charge >= 0.3 is 0 Å². The molecule has 1 aliphatic heterocycles. The highest BCUT2D eigenvalue weighted by Crippen LogP contribution is 2.34. The number of aromatic nitrogens is 1. The molecule has 1 amide bonds. The summed E-state index contributed by atoms with van der Waals surface area (Å²) >= 11 is 0. The van der Waals surface area contributed by atoms with Crippen LogP contribution in [0.3, 0.4) is 0 Å². The SMILES string of the molecule is Cc1ccc(C2=NN(C(=O)c3cccnc3)C(c3cccc(F)c3)C2)cc1. The summed E-state index contributed by atoms with van der Waals surface area (Å²) < 4.78 is 13.8. The van der Waals surface area contributed by atoms with Crippen LogP contribution in [-0.2, 0) is 0 Å². The van der Waals surface area contributed by atoms with E-state index in [9.17, 15) is 9.18 Å². The van der Waals surface area contributed by atoms with E-state index < -0.39 is 0 Å². The van der Waals surface area contributed by atoms with Crippen LogP contribution in [0.4, 0.5) is 4.39 Å². The summed E-state index contributed by atoms with van der Waals surface area (Å²) in [4.78, 5) is 17.1. The summed E-state index contributed by atoms with van der Waals surface area (Å²) in [5.41, 5.74) is 4.10. The van der Waals surface area contributed by atoms with Crippen molar-refractivity contribution >= 4 is 11.6 Å². The number of aryl methyl sites for hydroxylation is 1. The molecule has 5 heteroatoms. The van der Waals surface area contributed by atoms with Crippen LogP contribution in [0.1, 0.15) is 39.5 Å². The van der Waals surface area contributed by atoms with Crippen LogP contribution in [0.25, 0.3) is 0 Å². The Morgan fingerprint density at radius 3 is 2.63 bits per heavy atom. The average Bonchev–Trinajstić information content (AvgIpc) is 3.14.